The topological polar surface area (TPSA) is 112 Å². The number of aromatic nitrogens is 1. The molecule has 4 N–H and O–H groups in total. The van der Waals surface area contributed by atoms with Crippen LogP contribution in [-0.4, -0.2) is 48.0 Å². The summed E-state index contributed by atoms with van der Waals surface area (Å²) in [7, 11) is 0. The van der Waals surface area contributed by atoms with Gasteiger partial charge < -0.3 is 21.1 Å². The Labute approximate surface area is 156 Å². The van der Waals surface area contributed by atoms with Crippen LogP contribution in [0.4, 0.5) is 5.13 Å². The van der Waals surface area contributed by atoms with Crippen molar-refractivity contribution in [1.82, 2.24) is 9.88 Å². The summed E-state index contributed by atoms with van der Waals surface area (Å²) in [6.45, 7) is 0.798. The third kappa shape index (κ3) is 3.86. The minimum absolute atomic E-state index is 0.134. The Morgan fingerprint density at radius 1 is 1.19 bits per heavy atom. The highest BCUT2D eigenvalue weighted by Gasteiger charge is 2.40. The monoisotopic (exact) mass is 374 g/mol. The molecule has 1 aliphatic rings. The van der Waals surface area contributed by atoms with Gasteiger partial charge in [-0.1, -0.05) is 30.3 Å². The van der Waals surface area contributed by atoms with Crippen LogP contribution in [0, 0.1) is 0 Å². The summed E-state index contributed by atoms with van der Waals surface area (Å²) in [5, 5.41) is 2.56. The summed E-state index contributed by atoms with van der Waals surface area (Å²) in [6, 6.07) is 10.2. The number of primary amides is 1. The van der Waals surface area contributed by atoms with Gasteiger partial charge in [0.15, 0.2) is 5.13 Å². The molecule has 26 heavy (non-hydrogen) atoms. The summed E-state index contributed by atoms with van der Waals surface area (Å²) in [4.78, 5) is 29.3. The largest absolute Gasteiger partial charge is 0.375 e. The minimum Gasteiger partial charge on any atom is -0.375 e. The second-order valence-corrected chi connectivity index (χ2v) is 7.25. The first-order valence-electron chi connectivity index (χ1n) is 8.42. The number of carbonyl (C=O) groups is 2. The number of benzene rings is 1. The molecule has 1 saturated heterocycles. The molecule has 1 fully saturated rings. The maximum absolute atomic E-state index is 12.3. The first kappa shape index (κ1) is 18.3. The van der Waals surface area contributed by atoms with Gasteiger partial charge in [-0.2, -0.15) is 0 Å². The number of hydrogen-bond acceptors (Lipinski definition) is 6. The molecule has 2 aromatic rings. The maximum atomic E-state index is 12.3. The lowest BCUT2D eigenvalue weighted by atomic mass is 9.70. The number of likely N-dealkylation sites (tertiary alicyclic amines) is 1. The van der Waals surface area contributed by atoms with Crippen LogP contribution in [0.1, 0.15) is 24.1 Å². The molecule has 0 radical (unpaired) electrons. The molecule has 8 heteroatoms. The second-order valence-electron chi connectivity index (χ2n) is 6.36. The Kier molecular flexibility index (Phi) is 5.53. The fourth-order valence-corrected chi connectivity index (χ4v) is 4.09. The van der Waals surface area contributed by atoms with Crippen LogP contribution in [0.15, 0.2) is 35.7 Å². The average Bonchev–Trinajstić information content (AvgIpc) is 3.09. The molecule has 1 aromatic heterocycles. The second kappa shape index (κ2) is 7.84. The van der Waals surface area contributed by atoms with Crippen molar-refractivity contribution < 1.29 is 14.3 Å². The van der Waals surface area contributed by atoms with E-state index in [1.165, 1.54) is 16.9 Å². The number of carbonyl (C=O) groups excluding carboxylic acids is 2. The lowest BCUT2D eigenvalue weighted by Crippen LogP contribution is -2.47. The molecule has 138 valence electrons. The number of anilines is 1. The van der Waals surface area contributed by atoms with Gasteiger partial charge >= 0.3 is 0 Å². The average molecular weight is 374 g/mol. The first-order valence-corrected chi connectivity index (χ1v) is 9.30. The summed E-state index contributed by atoms with van der Waals surface area (Å²) in [5.41, 5.74) is 12.8. The van der Waals surface area contributed by atoms with Crippen molar-refractivity contribution >= 4 is 28.3 Å². The van der Waals surface area contributed by atoms with E-state index >= 15 is 0 Å². The maximum Gasteiger partial charge on any atom is 0.248 e. The number of nitrogens with zero attached hydrogens (tertiary/aromatic N) is 2. The number of nitrogens with two attached hydrogens (primary N) is 2. The van der Waals surface area contributed by atoms with Crippen LogP contribution < -0.4 is 11.5 Å². The molecular formula is C18H22N4O3S. The standard InChI is InChI=1S/C18H22N4O3S/c19-15(23)10-25-11-16(24)22-8-6-18(7-9-22,13-4-2-1-3-5-13)14-12-26-17(20)21-14/h1-5,12H,6-11H2,(H2,19,23)(H2,20,21). The molecule has 0 atom stereocenters. The quantitative estimate of drug-likeness (QED) is 0.787. The van der Waals surface area contributed by atoms with Crippen molar-refractivity contribution in [2.45, 2.75) is 18.3 Å². The minimum atomic E-state index is -0.583. The molecule has 2 heterocycles. The fraction of sp³-hybridized carbons (Fsp3) is 0.389. The highest BCUT2D eigenvalue weighted by Crippen LogP contribution is 2.42. The number of ether oxygens (including phenoxy) is 1. The zero-order valence-corrected chi connectivity index (χ0v) is 15.2. The zero-order valence-electron chi connectivity index (χ0n) is 14.4. The molecule has 0 bridgehead atoms. The molecule has 0 saturated carbocycles. The van der Waals surface area contributed by atoms with Crippen LogP contribution in [0.2, 0.25) is 0 Å². The predicted molar refractivity (Wildman–Crippen MR) is 99.6 cm³/mol. The molecule has 0 aliphatic carbocycles. The molecule has 1 aliphatic heterocycles. The Morgan fingerprint density at radius 3 is 2.46 bits per heavy atom. The van der Waals surface area contributed by atoms with Crippen LogP contribution in [0.5, 0.6) is 0 Å². The molecule has 1 aromatic carbocycles. The zero-order chi connectivity index (χ0) is 18.6. The van der Waals surface area contributed by atoms with E-state index in [0.717, 1.165) is 18.5 Å². The van der Waals surface area contributed by atoms with Gasteiger partial charge in [-0.3, -0.25) is 9.59 Å². The summed E-state index contributed by atoms with van der Waals surface area (Å²) in [6.07, 6.45) is 1.50. The van der Waals surface area contributed by atoms with Crippen LogP contribution in [0.25, 0.3) is 0 Å². The third-order valence-corrected chi connectivity index (χ3v) is 5.45. The lowest BCUT2D eigenvalue weighted by Gasteiger charge is -2.41. The van der Waals surface area contributed by atoms with Crippen molar-refractivity contribution in [2.24, 2.45) is 5.73 Å². The molecule has 0 unspecified atom stereocenters. The SMILES string of the molecule is NC(=O)COCC(=O)N1CCC(c2ccccc2)(c2csc(N)n2)CC1. The van der Waals surface area contributed by atoms with Gasteiger partial charge in [-0.05, 0) is 18.4 Å². The van der Waals surface area contributed by atoms with Crippen LogP contribution in [-0.2, 0) is 19.7 Å². The molecule has 2 amide bonds. The fourth-order valence-electron chi connectivity index (χ4n) is 3.43. The summed E-state index contributed by atoms with van der Waals surface area (Å²) < 4.78 is 5.04. The van der Waals surface area contributed by atoms with Gasteiger partial charge in [-0.15, -0.1) is 11.3 Å². The van der Waals surface area contributed by atoms with Gasteiger partial charge in [0.2, 0.25) is 11.8 Å². The Balaban J connectivity index is 1.74. The Hall–Kier alpha value is -2.45. The van der Waals surface area contributed by atoms with Gasteiger partial charge in [0.25, 0.3) is 0 Å². The molecule has 0 spiro atoms. The van der Waals surface area contributed by atoms with E-state index < -0.39 is 5.91 Å². The number of amides is 2. The van der Waals surface area contributed by atoms with Crippen molar-refractivity contribution in [1.29, 1.82) is 0 Å². The molecular weight excluding hydrogens is 352 g/mol. The molecule has 7 nitrogen and oxygen atoms in total. The Morgan fingerprint density at radius 2 is 1.88 bits per heavy atom. The van der Waals surface area contributed by atoms with E-state index in [4.69, 9.17) is 16.2 Å². The van der Waals surface area contributed by atoms with Crippen LogP contribution >= 0.6 is 11.3 Å². The van der Waals surface area contributed by atoms with Crippen molar-refractivity contribution in [3.05, 3.63) is 47.0 Å². The van der Waals surface area contributed by atoms with Gasteiger partial charge in [0.05, 0.1) is 5.69 Å². The highest BCUT2D eigenvalue weighted by molar-refractivity contribution is 7.13. The Bertz CT molecular complexity index is 770. The van der Waals surface area contributed by atoms with Crippen molar-refractivity contribution in [3.63, 3.8) is 0 Å². The van der Waals surface area contributed by atoms with Crippen molar-refractivity contribution in [2.75, 3.05) is 32.0 Å². The number of piperidine rings is 1. The van der Waals surface area contributed by atoms with E-state index in [2.05, 4.69) is 17.1 Å². The summed E-state index contributed by atoms with van der Waals surface area (Å²) >= 11 is 1.43. The number of thiazole rings is 1. The van der Waals surface area contributed by atoms with Gasteiger partial charge in [0, 0.05) is 23.9 Å². The van der Waals surface area contributed by atoms with E-state index in [0.29, 0.717) is 18.2 Å². The van der Waals surface area contributed by atoms with E-state index in [1.54, 1.807) is 4.90 Å². The lowest BCUT2D eigenvalue weighted by molar-refractivity contribution is -0.139. The normalized spacial score (nSPS) is 16.4. The molecule has 3 rings (SSSR count). The predicted octanol–water partition coefficient (Wildman–Crippen LogP) is 1.14. The third-order valence-electron chi connectivity index (χ3n) is 4.78. The number of nitrogen functional groups attached to an aromatic ring is 1. The van der Waals surface area contributed by atoms with Gasteiger partial charge in [-0.25, -0.2) is 4.98 Å². The van der Waals surface area contributed by atoms with Gasteiger partial charge in [0.1, 0.15) is 13.2 Å². The number of rotatable bonds is 6. The van der Waals surface area contributed by atoms with Crippen molar-refractivity contribution in [3.8, 4) is 0 Å². The summed E-state index contributed by atoms with van der Waals surface area (Å²) in [5.74, 6) is -0.716. The first-order chi connectivity index (χ1) is 12.5. The van der Waals surface area contributed by atoms with E-state index in [-0.39, 0.29) is 24.5 Å². The van der Waals surface area contributed by atoms with E-state index in [9.17, 15) is 9.59 Å². The number of hydrogen-bond donors (Lipinski definition) is 2. The smallest absolute Gasteiger partial charge is 0.248 e. The highest BCUT2D eigenvalue weighted by atomic mass is 32.1. The van der Waals surface area contributed by atoms with E-state index in [1.807, 2.05) is 23.6 Å². The van der Waals surface area contributed by atoms with Crippen LogP contribution in [0.3, 0.4) is 0 Å².